The Morgan fingerprint density at radius 2 is 1.65 bits per heavy atom. The van der Waals surface area contributed by atoms with E-state index in [9.17, 15) is 27.6 Å². The van der Waals surface area contributed by atoms with Crippen LogP contribution >= 0.6 is 0 Å². The van der Waals surface area contributed by atoms with E-state index in [1.165, 1.54) is 30.9 Å². The molecule has 0 atom stereocenters. The zero-order valence-corrected chi connectivity index (χ0v) is 23.7. The van der Waals surface area contributed by atoms with E-state index in [0.717, 1.165) is 43.3 Å². The van der Waals surface area contributed by atoms with Gasteiger partial charge in [-0.1, -0.05) is 18.2 Å². The van der Waals surface area contributed by atoms with Gasteiger partial charge in [-0.3, -0.25) is 9.59 Å². The second kappa shape index (κ2) is 11.4. The van der Waals surface area contributed by atoms with E-state index in [1.807, 2.05) is 17.0 Å². The molecule has 222 valence electrons. The van der Waals surface area contributed by atoms with Gasteiger partial charge in [-0.2, -0.15) is 18.4 Å². The van der Waals surface area contributed by atoms with Gasteiger partial charge in [0.2, 0.25) is 0 Å². The minimum Gasteiger partial charge on any atom is -0.355 e. The number of likely N-dealkylation sites (tertiary alicyclic amines) is 1. The summed E-state index contributed by atoms with van der Waals surface area (Å²) >= 11 is 0. The van der Waals surface area contributed by atoms with Gasteiger partial charge in [0.1, 0.15) is 5.54 Å². The topological polar surface area (TPSA) is 96.7 Å². The SMILES string of the molecule is CC1(C)C(=O)N(c2ccc(C#N)c(C(F)(F)F)c2)C(=O)N1Cc1ccccc1Nc1ccc(C(=O)N2CCCCC2)cc1. The van der Waals surface area contributed by atoms with E-state index in [0.29, 0.717) is 28.6 Å². The second-order valence-corrected chi connectivity index (χ2v) is 11.1. The van der Waals surface area contributed by atoms with Crippen molar-refractivity contribution in [3.8, 4) is 6.07 Å². The molecule has 3 aromatic rings. The molecule has 8 nitrogen and oxygen atoms in total. The highest BCUT2D eigenvalue weighted by molar-refractivity contribution is 6.23. The molecule has 3 aromatic carbocycles. The first-order valence-corrected chi connectivity index (χ1v) is 13.9. The Bertz CT molecular complexity index is 1610. The van der Waals surface area contributed by atoms with Gasteiger partial charge in [-0.25, -0.2) is 9.69 Å². The Balaban J connectivity index is 1.37. The Morgan fingerprint density at radius 1 is 0.977 bits per heavy atom. The molecule has 2 fully saturated rings. The number of amides is 4. The number of carbonyl (C=O) groups is 3. The number of urea groups is 1. The highest BCUT2D eigenvalue weighted by Crippen LogP contribution is 2.39. The van der Waals surface area contributed by atoms with Crippen LogP contribution < -0.4 is 10.2 Å². The van der Waals surface area contributed by atoms with E-state index >= 15 is 0 Å². The monoisotopic (exact) mass is 589 g/mol. The van der Waals surface area contributed by atoms with Crippen LogP contribution in [0.1, 0.15) is 60.2 Å². The molecule has 2 aliphatic heterocycles. The third kappa shape index (κ3) is 5.78. The number of rotatable bonds is 6. The molecule has 0 saturated carbocycles. The largest absolute Gasteiger partial charge is 0.417 e. The number of nitrogens with zero attached hydrogens (tertiary/aromatic N) is 4. The number of halogens is 3. The lowest BCUT2D eigenvalue weighted by molar-refractivity contribution is -0.137. The summed E-state index contributed by atoms with van der Waals surface area (Å²) in [5.41, 5.74) is -0.814. The molecular weight excluding hydrogens is 559 g/mol. The van der Waals surface area contributed by atoms with Crippen molar-refractivity contribution in [1.29, 1.82) is 5.26 Å². The van der Waals surface area contributed by atoms with Crippen molar-refractivity contribution in [1.82, 2.24) is 9.80 Å². The summed E-state index contributed by atoms with van der Waals surface area (Å²) in [5.74, 6) is -0.685. The number of benzene rings is 3. The highest BCUT2D eigenvalue weighted by Gasteiger charge is 2.52. The summed E-state index contributed by atoms with van der Waals surface area (Å²) in [6, 6.07) is 17.8. The van der Waals surface area contributed by atoms with Gasteiger partial charge in [0.05, 0.1) is 29.4 Å². The lowest BCUT2D eigenvalue weighted by Crippen LogP contribution is -2.43. The van der Waals surface area contributed by atoms with Crippen molar-refractivity contribution in [2.24, 2.45) is 0 Å². The van der Waals surface area contributed by atoms with E-state index in [-0.39, 0.29) is 18.1 Å². The smallest absolute Gasteiger partial charge is 0.355 e. The fraction of sp³-hybridized carbons (Fsp3) is 0.312. The summed E-state index contributed by atoms with van der Waals surface area (Å²) in [4.78, 5) is 43.7. The van der Waals surface area contributed by atoms with E-state index < -0.39 is 34.8 Å². The van der Waals surface area contributed by atoms with Crippen molar-refractivity contribution in [3.05, 3.63) is 89.0 Å². The Labute approximate surface area is 247 Å². The number of hydrogen-bond donors (Lipinski definition) is 1. The van der Waals surface area contributed by atoms with E-state index in [4.69, 9.17) is 5.26 Å². The number of alkyl halides is 3. The average Bonchev–Trinajstić information content (AvgIpc) is 3.16. The van der Waals surface area contributed by atoms with Crippen molar-refractivity contribution < 1.29 is 27.6 Å². The van der Waals surface area contributed by atoms with Crippen molar-refractivity contribution in [3.63, 3.8) is 0 Å². The maximum atomic E-state index is 13.6. The Hall–Kier alpha value is -4.85. The third-order valence-corrected chi connectivity index (χ3v) is 7.91. The number of imide groups is 1. The minimum absolute atomic E-state index is 0.000247. The second-order valence-electron chi connectivity index (χ2n) is 11.1. The number of nitriles is 1. The van der Waals surface area contributed by atoms with Crippen LogP contribution in [-0.2, 0) is 17.5 Å². The fourth-order valence-electron chi connectivity index (χ4n) is 5.41. The number of nitrogens with one attached hydrogen (secondary N) is 1. The maximum Gasteiger partial charge on any atom is 0.417 e. The number of para-hydroxylation sites is 1. The first kappa shape index (κ1) is 29.6. The highest BCUT2D eigenvalue weighted by atomic mass is 19.4. The molecule has 0 spiro atoms. The zero-order valence-electron chi connectivity index (χ0n) is 23.7. The van der Waals surface area contributed by atoms with Crippen LogP contribution in [0.5, 0.6) is 0 Å². The molecule has 43 heavy (non-hydrogen) atoms. The lowest BCUT2D eigenvalue weighted by atomic mass is 10.0. The molecule has 0 radical (unpaired) electrons. The Kier molecular flexibility index (Phi) is 7.88. The zero-order chi connectivity index (χ0) is 30.9. The number of carbonyl (C=O) groups excluding carboxylic acids is 3. The predicted octanol–water partition coefficient (Wildman–Crippen LogP) is 6.69. The quantitative estimate of drug-likeness (QED) is 0.323. The van der Waals surface area contributed by atoms with Crippen molar-refractivity contribution in [2.45, 2.75) is 51.4 Å². The standard InChI is InChI=1S/C32H30F3N5O3/c1-31(2)29(42)40(25-15-12-22(19-36)26(18-25)32(33,34)35)30(43)39(31)20-23-8-4-5-9-27(23)37-24-13-10-21(11-14-24)28(41)38-16-6-3-7-17-38/h4-5,8-15,18,37H,3,6-7,16-17,20H2,1-2H3. The first-order chi connectivity index (χ1) is 20.4. The fourth-order valence-corrected chi connectivity index (χ4v) is 5.41. The molecule has 1 N–H and O–H groups in total. The van der Waals surface area contributed by atoms with Crippen LogP contribution in [0.3, 0.4) is 0 Å². The maximum absolute atomic E-state index is 13.6. The summed E-state index contributed by atoms with van der Waals surface area (Å²) in [5, 5.41) is 12.4. The molecule has 0 aliphatic carbocycles. The van der Waals surface area contributed by atoms with Gasteiger partial charge in [0.25, 0.3) is 11.8 Å². The molecule has 0 aromatic heterocycles. The normalized spacial score (nSPS) is 16.8. The molecule has 5 rings (SSSR count). The third-order valence-electron chi connectivity index (χ3n) is 7.91. The van der Waals surface area contributed by atoms with Gasteiger partial charge in [0.15, 0.2) is 0 Å². The van der Waals surface area contributed by atoms with Crippen LogP contribution in [0.2, 0.25) is 0 Å². The minimum atomic E-state index is -4.84. The van der Waals surface area contributed by atoms with Crippen LogP contribution in [0.4, 0.5) is 35.0 Å². The number of piperidine rings is 1. The predicted molar refractivity (Wildman–Crippen MR) is 155 cm³/mol. The summed E-state index contributed by atoms with van der Waals surface area (Å²) < 4.78 is 40.8. The van der Waals surface area contributed by atoms with E-state index in [2.05, 4.69) is 5.32 Å². The molecule has 2 aliphatic rings. The molecule has 11 heteroatoms. The molecule has 0 bridgehead atoms. The first-order valence-electron chi connectivity index (χ1n) is 13.9. The van der Waals surface area contributed by atoms with Gasteiger partial charge in [-0.05, 0) is 87.2 Å². The number of anilines is 3. The van der Waals surface area contributed by atoms with Crippen molar-refractivity contribution in [2.75, 3.05) is 23.3 Å². The van der Waals surface area contributed by atoms with Crippen LogP contribution in [0.15, 0.2) is 66.7 Å². The van der Waals surface area contributed by atoms with E-state index in [1.54, 1.807) is 36.4 Å². The summed E-state index contributed by atoms with van der Waals surface area (Å²) in [6.07, 6.45) is -1.70. The average molecular weight is 590 g/mol. The molecule has 0 unspecified atom stereocenters. The van der Waals surface area contributed by atoms with Crippen LogP contribution in [0.25, 0.3) is 0 Å². The van der Waals surface area contributed by atoms with Gasteiger partial charge in [-0.15, -0.1) is 0 Å². The van der Waals surface area contributed by atoms with Crippen LogP contribution in [-0.4, -0.2) is 46.3 Å². The number of hydrogen-bond acceptors (Lipinski definition) is 5. The van der Waals surface area contributed by atoms with Gasteiger partial charge in [0, 0.05) is 30.0 Å². The molecule has 2 heterocycles. The summed E-state index contributed by atoms with van der Waals surface area (Å²) in [6.45, 7) is 4.58. The van der Waals surface area contributed by atoms with Gasteiger partial charge >= 0.3 is 12.2 Å². The van der Waals surface area contributed by atoms with Crippen LogP contribution in [0, 0.1) is 11.3 Å². The lowest BCUT2D eigenvalue weighted by Gasteiger charge is -2.28. The summed E-state index contributed by atoms with van der Waals surface area (Å²) in [7, 11) is 0. The molecule has 2 saturated heterocycles. The molecule has 4 amide bonds. The van der Waals surface area contributed by atoms with Crippen molar-refractivity contribution >= 4 is 34.9 Å². The Morgan fingerprint density at radius 3 is 2.30 bits per heavy atom. The molecular formula is C32H30F3N5O3. The van der Waals surface area contributed by atoms with Gasteiger partial charge < -0.3 is 15.1 Å².